The van der Waals surface area contributed by atoms with E-state index in [9.17, 15) is 4.79 Å². The molecule has 1 amide bonds. The molecule has 7 heteroatoms. The number of hydrogen-bond donors (Lipinski definition) is 2. The molecule has 0 aliphatic carbocycles. The molecule has 2 aromatic carbocycles. The lowest BCUT2D eigenvalue weighted by Crippen LogP contribution is -2.15. The van der Waals surface area contributed by atoms with Crippen molar-refractivity contribution in [1.29, 1.82) is 0 Å². The highest BCUT2D eigenvalue weighted by Crippen LogP contribution is 2.36. The van der Waals surface area contributed by atoms with Gasteiger partial charge in [-0.1, -0.05) is 41.1 Å². The SMILES string of the molecule is O=C(Nc1cc2c(c3ccccc13)CCN2)OCCSSc1ccccn1. The summed E-state index contributed by atoms with van der Waals surface area (Å²) in [6, 6.07) is 15.9. The number of anilines is 2. The second-order valence-corrected chi connectivity index (χ2v) is 8.44. The van der Waals surface area contributed by atoms with Crippen LogP contribution in [0.1, 0.15) is 5.56 Å². The predicted octanol–water partition coefficient (Wildman–Crippen LogP) is 5.19. The number of nitrogens with one attached hydrogen (secondary N) is 2. The van der Waals surface area contributed by atoms with Crippen LogP contribution in [0.2, 0.25) is 0 Å². The smallest absolute Gasteiger partial charge is 0.411 e. The van der Waals surface area contributed by atoms with Gasteiger partial charge in [-0.25, -0.2) is 9.78 Å². The normalized spacial score (nSPS) is 12.4. The van der Waals surface area contributed by atoms with E-state index < -0.39 is 6.09 Å². The fraction of sp³-hybridized carbons (Fsp3) is 0.200. The summed E-state index contributed by atoms with van der Waals surface area (Å²) < 4.78 is 5.33. The van der Waals surface area contributed by atoms with E-state index in [4.69, 9.17) is 4.74 Å². The lowest BCUT2D eigenvalue weighted by Gasteiger charge is -2.13. The molecule has 3 aromatic rings. The highest BCUT2D eigenvalue weighted by Gasteiger charge is 2.17. The first-order valence-electron chi connectivity index (χ1n) is 8.74. The predicted molar refractivity (Wildman–Crippen MR) is 114 cm³/mol. The maximum absolute atomic E-state index is 12.2. The molecule has 0 saturated heterocycles. The molecule has 0 atom stereocenters. The Bertz CT molecular complexity index is 951. The van der Waals surface area contributed by atoms with Crippen LogP contribution in [0.5, 0.6) is 0 Å². The van der Waals surface area contributed by atoms with Crippen LogP contribution in [-0.2, 0) is 11.2 Å². The molecular formula is C20H19N3O2S2. The van der Waals surface area contributed by atoms with Gasteiger partial charge < -0.3 is 10.1 Å². The molecule has 1 aliphatic heterocycles. The number of hydrogen-bond acceptors (Lipinski definition) is 6. The summed E-state index contributed by atoms with van der Waals surface area (Å²) in [5.74, 6) is 0.696. The van der Waals surface area contributed by atoms with E-state index >= 15 is 0 Å². The fourth-order valence-electron chi connectivity index (χ4n) is 3.10. The first kappa shape index (κ1) is 18.0. The number of aromatic nitrogens is 1. The van der Waals surface area contributed by atoms with Crippen molar-refractivity contribution in [3.63, 3.8) is 0 Å². The van der Waals surface area contributed by atoms with Crippen molar-refractivity contribution in [2.45, 2.75) is 11.4 Å². The van der Waals surface area contributed by atoms with Crippen LogP contribution in [0.4, 0.5) is 16.2 Å². The number of rotatable bonds is 6. The minimum absolute atomic E-state index is 0.345. The third-order valence-electron chi connectivity index (χ3n) is 4.27. The van der Waals surface area contributed by atoms with Crippen LogP contribution in [0.3, 0.4) is 0 Å². The molecule has 4 rings (SSSR count). The fourth-order valence-corrected chi connectivity index (χ4v) is 4.81. The molecule has 0 unspecified atom stereocenters. The molecule has 1 aromatic heterocycles. The lowest BCUT2D eigenvalue weighted by atomic mass is 10.0. The van der Waals surface area contributed by atoms with Gasteiger partial charge in [0.15, 0.2) is 0 Å². The van der Waals surface area contributed by atoms with Gasteiger partial charge in [0.05, 0.1) is 5.69 Å². The van der Waals surface area contributed by atoms with Crippen LogP contribution in [-0.4, -0.2) is 30.0 Å². The maximum Gasteiger partial charge on any atom is 0.411 e. The van der Waals surface area contributed by atoms with Crippen molar-refractivity contribution in [1.82, 2.24) is 4.98 Å². The van der Waals surface area contributed by atoms with Gasteiger partial charge in [-0.05, 0) is 46.4 Å². The summed E-state index contributed by atoms with van der Waals surface area (Å²) in [6.45, 7) is 1.27. The van der Waals surface area contributed by atoms with Crippen molar-refractivity contribution in [2.75, 3.05) is 29.5 Å². The van der Waals surface area contributed by atoms with E-state index in [2.05, 4.69) is 21.7 Å². The standard InChI is InChI=1S/C20H19N3O2S2/c24-20(25-11-12-26-27-19-7-3-4-9-22-19)23-18-13-17-16(8-10-21-17)14-5-1-2-6-15(14)18/h1-7,9,13,21H,8,10-12H2,(H,23,24). The van der Waals surface area contributed by atoms with E-state index in [1.165, 1.54) is 10.9 Å². The Kier molecular flexibility index (Phi) is 5.69. The molecule has 0 bridgehead atoms. The highest BCUT2D eigenvalue weighted by molar-refractivity contribution is 8.76. The Morgan fingerprint density at radius 1 is 1.19 bits per heavy atom. The largest absolute Gasteiger partial charge is 0.448 e. The average Bonchev–Trinajstić information content (AvgIpc) is 3.17. The highest BCUT2D eigenvalue weighted by atomic mass is 33.1. The van der Waals surface area contributed by atoms with Crippen LogP contribution >= 0.6 is 21.6 Å². The van der Waals surface area contributed by atoms with E-state index in [1.54, 1.807) is 27.8 Å². The van der Waals surface area contributed by atoms with E-state index in [-0.39, 0.29) is 0 Å². The van der Waals surface area contributed by atoms with Crippen LogP contribution < -0.4 is 10.6 Å². The Hall–Kier alpha value is -2.38. The quantitative estimate of drug-likeness (QED) is 0.441. The average molecular weight is 398 g/mol. The molecule has 2 N–H and O–H groups in total. The van der Waals surface area contributed by atoms with Crippen molar-refractivity contribution >= 4 is 49.8 Å². The van der Waals surface area contributed by atoms with Gasteiger partial charge in [-0.15, -0.1) is 0 Å². The lowest BCUT2D eigenvalue weighted by molar-refractivity contribution is 0.169. The van der Waals surface area contributed by atoms with Crippen LogP contribution in [0.25, 0.3) is 10.8 Å². The zero-order chi connectivity index (χ0) is 18.5. The maximum atomic E-state index is 12.2. The molecule has 5 nitrogen and oxygen atoms in total. The van der Waals surface area contributed by atoms with Gasteiger partial charge in [0.1, 0.15) is 11.6 Å². The Balaban J connectivity index is 1.33. The molecule has 1 aliphatic rings. The number of ether oxygens (including phenoxy) is 1. The summed E-state index contributed by atoms with van der Waals surface area (Å²) in [6.07, 6.45) is 2.34. The zero-order valence-corrected chi connectivity index (χ0v) is 16.2. The van der Waals surface area contributed by atoms with Gasteiger partial charge in [0, 0.05) is 29.6 Å². The number of carbonyl (C=O) groups is 1. The molecule has 27 heavy (non-hydrogen) atoms. The third-order valence-corrected chi connectivity index (χ3v) is 6.49. The molecule has 0 fully saturated rings. The Morgan fingerprint density at radius 3 is 2.89 bits per heavy atom. The van der Waals surface area contributed by atoms with Gasteiger partial charge in [0.2, 0.25) is 0 Å². The van der Waals surface area contributed by atoms with Crippen molar-refractivity contribution < 1.29 is 9.53 Å². The number of nitrogens with zero attached hydrogens (tertiary/aromatic N) is 1. The minimum Gasteiger partial charge on any atom is -0.448 e. The molecule has 138 valence electrons. The zero-order valence-electron chi connectivity index (χ0n) is 14.6. The number of pyridine rings is 1. The van der Waals surface area contributed by atoms with Crippen molar-refractivity contribution in [3.8, 4) is 0 Å². The monoisotopic (exact) mass is 397 g/mol. The van der Waals surface area contributed by atoms with Gasteiger partial charge in [-0.2, -0.15) is 0 Å². The van der Waals surface area contributed by atoms with Gasteiger partial charge in [0.25, 0.3) is 0 Å². The minimum atomic E-state index is -0.429. The second-order valence-electron chi connectivity index (χ2n) is 6.01. The molecule has 2 heterocycles. The first-order valence-corrected chi connectivity index (χ1v) is 11.1. The number of fused-ring (bicyclic) bond motifs is 3. The van der Waals surface area contributed by atoms with Crippen molar-refractivity contribution in [2.24, 2.45) is 0 Å². The Morgan fingerprint density at radius 2 is 2.04 bits per heavy atom. The molecule has 0 saturated carbocycles. The molecule has 0 radical (unpaired) electrons. The van der Waals surface area contributed by atoms with E-state index in [0.29, 0.717) is 12.4 Å². The molecular weight excluding hydrogens is 378 g/mol. The van der Waals surface area contributed by atoms with Gasteiger partial charge in [-0.3, -0.25) is 5.32 Å². The molecule has 0 spiro atoms. The summed E-state index contributed by atoms with van der Waals surface area (Å²) >= 11 is 0. The number of carbonyl (C=O) groups excluding carboxylic acids is 1. The summed E-state index contributed by atoms with van der Waals surface area (Å²) in [4.78, 5) is 16.4. The van der Waals surface area contributed by atoms with Crippen LogP contribution in [0, 0.1) is 0 Å². The second kappa shape index (κ2) is 8.54. The van der Waals surface area contributed by atoms with Crippen LogP contribution in [0.15, 0.2) is 59.8 Å². The summed E-state index contributed by atoms with van der Waals surface area (Å²) in [7, 11) is 3.19. The van der Waals surface area contributed by atoms with Gasteiger partial charge >= 0.3 is 6.09 Å². The topological polar surface area (TPSA) is 63.2 Å². The van der Waals surface area contributed by atoms with E-state index in [0.717, 1.165) is 34.8 Å². The third kappa shape index (κ3) is 4.31. The van der Waals surface area contributed by atoms with E-state index in [1.807, 2.05) is 42.5 Å². The first-order chi connectivity index (χ1) is 13.3. The number of benzene rings is 2. The van der Waals surface area contributed by atoms with Crippen molar-refractivity contribution in [3.05, 3.63) is 60.3 Å². The summed E-state index contributed by atoms with van der Waals surface area (Å²) in [5, 5.41) is 9.44. The number of amides is 1. The summed E-state index contributed by atoms with van der Waals surface area (Å²) in [5.41, 5.74) is 3.18. The Labute approximate surface area is 165 Å².